The molecule has 0 radical (unpaired) electrons. The average Bonchev–Trinajstić information content (AvgIpc) is 3.21. The highest BCUT2D eigenvalue weighted by molar-refractivity contribution is 5.93. The third-order valence-corrected chi connectivity index (χ3v) is 3.40. The smallest absolute Gasteiger partial charge is 0.252 e. The maximum atomic E-state index is 12.0. The fourth-order valence-electron chi connectivity index (χ4n) is 2.16. The Labute approximate surface area is 150 Å². The van der Waals surface area contributed by atoms with Gasteiger partial charge in [0.1, 0.15) is 5.82 Å². The Hall–Kier alpha value is -3.49. The van der Waals surface area contributed by atoms with E-state index in [1.165, 1.54) is 6.20 Å². The van der Waals surface area contributed by atoms with Crippen LogP contribution < -0.4 is 15.4 Å². The summed E-state index contributed by atoms with van der Waals surface area (Å²) in [4.78, 5) is 16.1. The van der Waals surface area contributed by atoms with Gasteiger partial charge < -0.3 is 15.4 Å². The van der Waals surface area contributed by atoms with Gasteiger partial charge in [-0.15, -0.1) is 10.2 Å². The molecule has 26 heavy (non-hydrogen) atoms. The molecule has 0 unspecified atom stereocenters. The first kappa shape index (κ1) is 17.3. The van der Waals surface area contributed by atoms with Crippen molar-refractivity contribution in [3.8, 4) is 11.7 Å². The van der Waals surface area contributed by atoms with Crippen LogP contribution in [0.3, 0.4) is 0 Å². The zero-order valence-electron chi connectivity index (χ0n) is 14.3. The fourth-order valence-corrected chi connectivity index (χ4v) is 2.16. The summed E-state index contributed by atoms with van der Waals surface area (Å²) in [5.41, 5.74) is 0.483. The molecule has 0 aliphatic heterocycles. The predicted octanol–water partition coefficient (Wildman–Crippen LogP) is 1.30. The fraction of sp³-hybridized carbons (Fsp3) is 0.235. The summed E-state index contributed by atoms with van der Waals surface area (Å²) < 4.78 is 6.88. The van der Waals surface area contributed by atoms with E-state index < -0.39 is 0 Å². The van der Waals surface area contributed by atoms with E-state index in [0.717, 1.165) is 0 Å². The van der Waals surface area contributed by atoms with Crippen LogP contribution in [0.2, 0.25) is 0 Å². The second-order valence-corrected chi connectivity index (χ2v) is 5.23. The molecule has 0 fully saturated rings. The molecule has 0 bridgehead atoms. The van der Waals surface area contributed by atoms with Crippen LogP contribution in [0.5, 0.6) is 5.88 Å². The molecule has 0 atom stereocenters. The van der Waals surface area contributed by atoms with Crippen LogP contribution in [0.15, 0.2) is 48.9 Å². The zero-order chi connectivity index (χ0) is 18.2. The maximum Gasteiger partial charge on any atom is 0.252 e. The van der Waals surface area contributed by atoms with E-state index in [0.29, 0.717) is 42.8 Å². The monoisotopic (exact) mass is 353 g/mol. The molecule has 3 rings (SSSR count). The van der Waals surface area contributed by atoms with Gasteiger partial charge in [0.15, 0.2) is 5.82 Å². The van der Waals surface area contributed by atoms with Crippen LogP contribution in [0, 0.1) is 0 Å². The van der Waals surface area contributed by atoms with Gasteiger partial charge in [-0.1, -0.05) is 0 Å². The summed E-state index contributed by atoms with van der Waals surface area (Å²) in [6.07, 6.45) is 4.96. The summed E-state index contributed by atoms with van der Waals surface area (Å²) in [5.74, 6) is 1.57. The standard InChI is InChI=1S/C17H19N7O2/c1-2-26-16-7-4-13(12-20-16)17(25)19-10-9-18-14-5-6-15(23-22-14)24-11-3-8-21-24/h3-8,11-12H,2,9-10H2,1H3,(H,18,22)(H,19,25). The molecule has 3 aromatic rings. The second kappa shape index (κ2) is 8.56. The van der Waals surface area contributed by atoms with E-state index in [1.807, 2.05) is 25.1 Å². The molecule has 0 spiro atoms. The lowest BCUT2D eigenvalue weighted by Crippen LogP contribution is -2.29. The molecule has 0 aliphatic rings. The average molecular weight is 353 g/mol. The van der Waals surface area contributed by atoms with Gasteiger partial charge in [-0.2, -0.15) is 5.10 Å². The number of nitrogens with one attached hydrogen (secondary N) is 2. The van der Waals surface area contributed by atoms with Crippen molar-refractivity contribution >= 4 is 11.7 Å². The SMILES string of the molecule is CCOc1ccc(C(=O)NCCNc2ccc(-n3cccn3)nn2)cn1. The molecular formula is C17H19N7O2. The molecule has 1 amide bonds. The number of hydrogen-bond donors (Lipinski definition) is 2. The molecule has 3 heterocycles. The Bertz CT molecular complexity index is 817. The topological polar surface area (TPSA) is 107 Å². The molecule has 0 aromatic carbocycles. The molecule has 134 valence electrons. The highest BCUT2D eigenvalue weighted by Crippen LogP contribution is 2.07. The zero-order valence-corrected chi connectivity index (χ0v) is 14.3. The molecular weight excluding hydrogens is 334 g/mol. The number of ether oxygens (including phenoxy) is 1. The molecule has 0 saturated carbocycles. The van der Waals surface area contributed by atoms with Gasteiger partial charge in [-0.05, 0) is 31.2 Å². The maximum absolute atomic E-state index is 12.0. The van der Waals surface area contributed by atoms with Crippen LogP contribution in [0.25, 0.3) is 5.82 Å². The quantitative estimate of drug-likeness (QED) is 0.588. The van der Waals surface area contributed by atoms with E-state index in [4.69, 9.17) is 4.74 Å². The first-order valence-corrected chi connectivity index (χ1v) is 8.21. The number of carbonyl (C=O) groups is 1. The summed E-state index contributed by atoms with van der Waals surface area (Å²) in [5, 5.41) is 18.2. The molecule has 9 nitrogen and oxygen atoms in total. The molecule has 3 aromatic heterocycles. The van der Waals surface area contributed by atoms with Crippen LogP contribution in [0.4, 0.5) is 5.82 Å². The molecule has 2 N–H and O–H groups in total. The van der Waals surface area contributed by atoms with Crippen LogP contribution in [0.1, 0.15) is 17.3 Å². The third kappa shape index (κ3) is 4.53. The van der Waals surface area contributed by atoms with Crippen LogP contribution >= 0.6 is 0 Å². The van der Waals surface area contributed by atoms with E-state index in [9.17, 15) is 4.79 Å². The van der Waals surface area contributed by atoms with E-state index in [1.54, 1.807) is 29.2 Å². The summed E-state index contributed by atoms with van der Waals surface area (Å²) in [6, 6.07) is 8.79. The van der Waals surface area contributed by atoms with Crippen molar-refractivity contribution in [1.82, 2.24) is 30.3 Å². The summed E-state index contributed by atoms with van der Waals surface area (Å²) >= 11 is 0. The number of anilines is 1. The van der Waals surface area contributed by atoms with E-state index in [2.05, 4.69) is 30.9 Å². The lowest BCUT2D eigenvalue weighted by molar-refractivity contribution is 0.0954. The van der Waals surface area contributed by atoms with Crippen molar-refractivity contribution in [2.24, 2.45) is 0 Å². The number of pyridine rings is 1. The normalized spacial score (nSPS) is 10.3. The lowest BCUT2D eigenvalue weighted by atomic mass is 10.2. The van der Waals surface area contributed by atoms with Crippen molar-refractivity contribution < 1.29 is 9.53 Å². The number of amides is 1. The second-order valence-electron chi connectivity index (χ2n) is 5.23. The van der Waals surface area contributed by atoms with E-state index in [-0.39, 0.29) is 5.91 Å². The number of rotatable bonds is 8. The first-order valence-electron chi connectivity index (χ1n) is 8.21. The number of nitrogens with zero attached hydrogens (tertiary/aromatic N) is 5. The van der Waals surface area contributed by atoms with E-state index >= 15 is 0 Å². The Balaban J connectivity index is 1.42. The minimum atomic E-state index is -0.192. The van der Waals surface area contributed by atoms with Crippen molar-refractivity contribution in [2.75, 3.05) is 25.0 Å². The van der Waals surface area contributed by atoms with Gasteiger partial charge in [0.2, 0.25) is 5.88 Å². The van der Waals surface area contributed by atoms with Gasteiger partial charge in [0.05, 0.1) is 12.2 Å². The van der Waals surface area contributed by atoms with Crippen LogP contribution in [-0.2, 0) is 0 Å². The van der Waals surface area contributed by atoms with Gasteiger partial charge in [-0.25, -0.2) is 9.67 Å². The highest BCUT2D eigenvalue weighted by Gasteiger charge is 2.06. The van der Waals surface area contributed by atoms with Gasteiger partial charge in [0, 0.05) is 37.7 Å². The first-order chi connectivity index (χ1) is 12.8. The molecule has 0 aliphatic carbocycles. The van der Waals surface area contributed by atoms with Gasteiger partial charge >= 0.3 is 0 Å². The largest absolute Gasteiger partial charge is 0.478 e. The number of hydrogen-bond acceptors (Lipinski definition) is 7. The Morgan fingerprint density at radius 3 is 2.77 bits per heavy atom. The minimum absolute atomic E-state index is 0.192. The summed E-state index contributed by atoms with van der Waals surface area (Å²) in [7, 11) is 0. The summed E-state index contributed by atoms with van der Waals surface area (Å²) in [6.45, 7) is 3.38. The Morgan fingerprint density at radius 2 is 2.12 bits per heavy atom. The molecule has 9 heteroatoms. The van der Waals surface area contributed by atoms with Crippen molar-refractivity contribution in [1.29, 1.82) is 0 Å². The van der Waals surface area contributed by atoms with Crippen molar-refractivity contribution in [2.45, 2.75) is 6.92 Å². The lowest BCUT2D eigenvalue weighted by Gasteiger charge is -2.08. The highest BCUT2D eigenvalue weighted by atomic mass is 16.5. The molecule has 0 saturated heterocycles. The minimum Gasteiger partial charge on any atom is -0.478 e. The third-order valence-electron chi connectivity index (χ3n) is 3.40. The van der Waals surface area contributed by atoms with Gasteiger partial charge in [0.25, 0.3) is 5.91 Å². The van der Waals surface area contributed by atoms with Crippen LogP contribution in [-0.4, -0.2) is 50.6 Å². The number of carbonyl (C=O) groups excluding carboxylic acids is 1. The van der Waals surface area contributed by atoms with Crippen molar-refractivity contribution in [3.63, 3.8) is 0 Å². The predicted molar refractivity (Wildman–Crippen MR) is 95.4 cm³/mol. The van der Waals surface area contributed by atoms with Gasteiger partial charge in [-0.3, -0.25) is 4.79 Å². The number of aromatic nitrogens is 5. The Morgan fingerprint density at radius 1 is 1.19 bits per heavy atom. The van der Waals surface area contributed by atoms with Crippen molar-refractivity contribution in [3.05, 3.63) is 54.5 Å². The Kier molecular flexibility index (Phi) is 5.71.